The van der Waals surface area contributed by atoms with Gasteiger partial charge in [-0.05, 0) is 87.7 Å². The number of amides is 1. The Hall–Kier alpha value is -1.29. The highest BCUT2D eigenvalue weighted by atomic mass is 16.3. The molecule has 6 rings (SSSR count). The lowest BCUT2D eigenvalue weighted by Crippen LogP contribution is -3.13. The van der Waals surface area contributed by atoms with E-state index in [0.717, 1.165) is 49.3 Å². The van der Waals surface area contributed by atoms with Gasteiger partial charge in [-0.2, -0.15) is 0 Å². The van der Waals surface area contributed by atoms with Gasteiger partial charge in [-0.3, -0.25) is 4.79 Å². The van der Waals surface area contributed by atoms with Crippen molar-refractivity contribution in [3.63, 3.8) is 0 Å². The Morgan fingerprint density at radius 1 is 1.12 bits per heavy atom. The van der Waals surface area contributed by atoms with Gasteiger partial charge in [0.1, 0.15) is 0 Å². The van der Waals surface area contributed by atoms with Crippen molar-refractivity contribution >= 4 is 5.91 Å². The zero-order chi connectivity index (χ0) is 17.6. The van der Waals surface area contributed by atoms with Crippen LogP contribution in [0.5, 0.6) is 0 Å². The highest BCUT2D eigenvalue weighted by molar-refractivity contribution is 5.83. The first kappa shape index (κ1) is 16.9. The van der Waals surface area contributed by atoms with Crippen LogP contribution in [-0.4, -0.2) is 25.5 Å². The van der Waals surface area contributed by atoms with Gasteiger partial charge >= 0.3 is 0 Å². The summed E-state index contributed by atoms with van der Waals surface area (Å²) in [4.78, 5) is 14.9. The van der Waals surface area contributed by atoms with E-state index in [4.69, 9.17) is 4.42 Å². The summed E-state index contributed by atoms with van der Waals surface area (Å²) in [6.07, 6.45) is 13.3. The van der Waals surface area contributed by atoms with Gasteiger partial charge in [0.15, 0.2) is 11.8 Å². The molecule has 1 saturated heterocycles. The molecule has 4 aliphatic carbocycles. The Morgan fingerprint density at radius 2 is 1.77 bits per heavy atom. The van der Waals surface area contributed by atoms with Gasteiger partial charge in [0.25, 0.3) is 0 Å². The smallest absolute Gasteiger partial charge is 0.226 e. The van der Waals surface area contributed by atoms with Crippen LogP contribution in [0.3, 0.4) is 0 Å². The van der Waals surface area contributed by atoms with Crippen LogP contribution in [0.4, 0.5) is 0 Å². The maximum Gasteiger partial charge on any atom is 0.226 e. The van der Waals surface area contributed by atoms with E-state index in [2.05, 4.69) is 11.4 Å². The molecule has 26 heavy (non-hydrogen) atoms. The average Bonchev–Trinajstić information content (AvgIpc) is 3.16. The maximum absolute atomic E-state index is 13.3. The number of likely N-dealkylation sites (tertiary alicyclic amines) is 1. The quantitative estimate of drug-likeness (QED) is 0.851. The maximum atomic E-state index is 13.3. The summed E-state index contributed by atoms with van der Waals surface area (Å²) in [6.45, 7) is 3.11. The van der Waals surface area contributed by atoms with Gasteiger partial charge in [-0.15, -0.1) is 0 Å². The van der Waals surface area contributed by atoms with Crippen LogP contribution >= 0.6 is 0 Å². The van der Waals surface area contributed by atoms with E-state index >= 15 is 0 Å². The van der Waals surface area contributed by atoms with E-state index in [-0.39, 0.29) is 11.5 Å². The third-order valence-electron chi connectivity index (χ3n) is 7.86. The molecule has 0 spiro atoms. The Balaban J connectivity index is 1.28. The molecule has 142 valence electrons. The first-order valence-corrected chi connectivity index (χ1v) is 10.9. The minimum Gasteiger partial charge on any atom is -0.463 e. The molecule has 0 radical (unpaired) electrons. The largest absolute Gasteiger partial charge is 0.463 e. The fourth-order valence-electron chi connectivity index (χ4n) is 7.06. The molecule has 1 atom stereocenters. The zero-order valence-corrected chi connectivity index (χ0v) is 15.8. The van der Waals surface area contributed by atoms with Crippen molar-refractivity contribution in [1.82, 2.24) is 5.32 Å². The normalized spacial score (nSPS) is 37.6. The molecule has 1 aromatic heterocycles. The molecule has 0 unspecified atom stereocenters. The standard InChI is InChI=1S/C22H32N2O2/c25-21(22-12-16-9-17(13-22)11-18(10-16)14-22)23-15-19(20-5-4-8-26-20)24-6-2-1-3-7-24/h4-5,8,16-19H,1-3,6-7,9-15H2,(H,23,25)/p+1/t16?,17?,18?,19-,22?/m0/s1. The number of hydrogen-bond acceptors (Lipinski definition) is 2. The molecule has 0 aromatic carbocycles. The number of rotatable bonds is 5. The SMILES string of the molecule is O=C(NC[C@@H](c1ccco1)[NH+]1CCCCC1)C12CC3CC(CC(C3)C1)C2. The number of carbonyl (C=O) groups excluding carboxylic acids is 1. The van der Waals surface area contributed by atoms with Crippen molar-refractivity contribution in [2.75, 3.05) is 19.6 Å². The molecule has 4 heteroatoms. The summed E-state index contributed by atoms with van der Waals surface area (Å²) in [5.41, 5.74) is -0.0420. The fraction of sp³-hybridized carbons (Fsp3) is 0.773. The first-order valence-electron chi connectivity index (χ1n) is 10.9. The van der Waals surface area contributed by atoms with Crippen LogP contribution in [0.25, 0.3) is 0 Å². The summed E-state index contributed by atoms with van der Waals surface area (Å²) in [5.74, 6) is 3.85. The second kappa shape index (κ2) is 6.70. The second-order valence-electron chi connectivity index (χ2n) is 9.69. The zero-order valence-electron chi connectivity index (χ0n) is 15.8. The van der Waals surface area contributed by atoms with E-state index < -0.39 is 0 Å². The van der Waals surface area contributed by atoms with E-state index in [1.54, 1.807) is 11.2 Å². The molecule has 1 amide bonds. The summed E-state index contributed by atoms with van der Waals surface area (Å²) in [6, 6.07) is 4.33. The first-order chi connectivity index (χ1) is 12.7. The molecule has 2 heterocycles. The molecular weight excluding hydrogens is 324 g/mol. The summed E-state index contributed by atoms with van der Waals surface area (Å²) in [5, 5.41) is 3.41. The minimum atomic E-state index is -0.0420. The molecule has 2 N–H and O–H groups in total. The highest BCUT2D eigenvalue weighted by Gasteiger charge is 2.54. The third-order valence-corrected chi connectivity index (χ3v) is 7.86. The molecule has 5 fully saturated rings. The second-order valence-corrected chi connectivity index (χ2v) is 9.69. The number of piperidine rings is 1. The lowest BCUT2D eigenvalue weighted by Gasteiger charge is -2.55. The molecule has 4 bridgehead atoms. The van der Waals surface area contributed by atoms with Gasteiger partial charge in [-0.1, -0.05) is 0 Å². The molecule has 5 aliphatic rings. The van der Waals surface area contributed by atoms with Crippen LogP contribution in [0, 0.1) is 23.2 Å². The fourth-order valence-corrected chi connectivity index (χ4v) is 7.06. The Morgan fingerprint density at radius 3 is 2.35 bits per heavy atom. The van der Waals surface area contributed by atoms with Gasteiger partial charge in [0.2, 0.25) is 5.91 Å². The lowest BCUT2D eigenvalue weighted by atomic mass is 9.49. The Kier molecular flexibility index (Phi) is 4.35. The van der Waals surface area contributed by atoms with E-state index in [0.29, 0.717) is 5.91 Å². The van der Waals surface area contributed by atoms with Gasteiger partial charge in [-0.25, -0.2) is 0 Å². The average molecular weight is 358 g/mol. The lowest BCUT2D eigenvalue weighted by molar-refractivity contribution is -0.936. The van der Waals surface area contributed by atoms with Gasteiger partial charge in [0.05, 0.1) is 25.9 Å². The number of carbonyl (C=O) groups is 1. The third kappa shape index (κ3) is 3.00. The molecule has 4 saturated carbocycles. The van der Waals surface area contributed by atoms with Gasteiger partial charge in [0, 0.05) is 5.41 Å². The Labute approximate surface area is 156 Å². The predicted octanol–water partition coefficient (Wildman–Crippen LogP) is 2.72. The van der Waals surface area contributed by atoms with Crippen molar-refractivity contribution in [1.29, 1.82) is 0 Å². The van der Waals surface area contributed by atoms with E-state index in [1.807, 2.05) is 6.07 Å². The van der Waals surface area contributed by atoms with Crippen LogP contribution in [0.1, 0.15) is 69.6 Å². The van der Waals surface area contributed by atoms with E-state index in [1.165, 1.54) is 51.6 Å². The number of furan rings is 1. The molecule has 4 nitrogen and oxygen atoms in total. The van der Waals surface area contributed by atoms with Crippen LogP contribution in [0.15, 0.2) is 22.8 Å². The minimum absolute atomic E-state index is 0.0420. The van der Waals surface area contributed by atoms with Crippen molar-refractivity contribution in [2.24, 2.45) is 23.2 Å². The van der Waals surface area contributed by atoms with Crippen molar-refractivity contribution in [3.05, 3.63) is 24.2 Å². The summed E-state index contributed by atoms with van der Waals surface area (Å²) in [7, 11) is 0. The van der Waals surface area contributed by atoms with Crippen LogP contribution in [-0.2, 0) is 4.79 Å². The number of quaternary nitrogens is 1. The van der Waals surface area contributed by atoms with Gasteiger partial charge < -0.3 is 14.6 Å². The van der Waals surface area contributed by atoms with Crippen LogP contribution in [0.2, 0.25) is 0 Å². The summed E-state index contributed by atoms with van der Waals surface area (Å²) < 4.78 is 5.76. The number of hydrogen-bond donors (Lipinski definition) is 2. The van der Waals surface area contributed by atoms with Crippen molar-refractivity contribution < 1.29 is 14.1 Å². The van der Waals surface area contributed by atoms with E-state index in [9.17, 15) is 4.79 Å². The van der Waals surface area contributed by atoms with Crippen molar-refractivity contribution in [3.8, 4) is 0 Å². The predicted molar refractivity (Wildman–Crippen MR) is 99.6 cm³/mol. The van der Waals surface area contributed by atoms with Crippen LogP contribution < -0.4 is 10.2 Å². The Bertz CT molecular complexity index is 597. The molecule has 1 aliphatic heterocycles. The summed E-state index contributed by atoms with van der Waals surface area (Å²) >= 11 is 0. The molecular formula is C22H33N2O2+. The highest BCUT2D eigenvalue weighted by Crippen LogP contribution is 2.60. The monoisotopic (exact) mass is 357 g/mol. The van der Waals surface area contributed by atoms with Crippen molar-refractivity contribution in [2.45, 2.75) is 63.8 Å². The topological polar surface area (TPSA) is 46.7 Å². The number of nitrogens with one attached hydrogen (secondary N) is 2. The molecule has 1 aromatic rings.